The first-order valence-electron chi connectivity index (χ1n) is 9.49. The first kappa shape index (κ1) is 20.6. The van der Waals surface area contributed by atoms with Crippen molar-refractivity contribution in [2.24, 2.45) is 0 Å². The maximum atomic E-state index is 13.8. The Morgan fingerprint density at radius 3 is 2.28 bits per heavy atom. The number of nitrogens with two attached hydrogens (primary N) is 1. The van der Waals surface area contributed by atoms with Crippen LogP contribution in [0.1, 0.15) is 37.6 Å². The van der Waals surface area contributed by atoms with Crippen molar-refractivity contribution in [2.75, 3.05) is 27.1 Å². The van der Waals surface area contributed by atoms with E-state index in [-0.39, 0.29) is 5.82 Å². The van der Waals surface area contributed by atoms with Gasteiger partial charge in [-0.15, -0.1) is 0 Å². The highest BCUT2D eigenvalue weighted by molar-refractivity contribution is 5.82. The lowest BCUT2D eigenvalue weighted by Gasteiger charge is -2.14. The number of nitrogen functional groups attached to an aromatic ring is 1. The van der Waals surface area contributed by atoms with Crippen molar-refractivity contribution in [3.05, 3.63) is 29.6 Å². The average molecular weight is 403 g/mol. The van der Waals surface area contributed by atoms with Crippen LogP contribution in [-0.2, 0) is 13.0 Å². The molecule has 156 valence electrons. The molecule has 3 aromatic rings. The SMILES string of the molecule is CCCCCn1c(Cc2cc(OC)c(OC)c(OC)c2)nc2c(N)nc(F)nc21. The number of rotatable bonds is 9. The van der Waals surface area contributed by atoms with E-state index in [9.17, 15) is 4.39 Å². The van der Waals surface area contributed by atoms with Crippen LogP contribution in [0, 0.1) is 6.08 Å². The molecule has 8 nitrogen and oxygen atoms in total. The van der Waals surface area contributed by atoms with Crippen molar-refractivity contribution < 1.29 is 18.6 Å². The quantitative estimate of drug-likeness (QED) is 0.432. The highest BCUT2D eigenvalue weighted by Crippen LogP contribution is 2.38. The van der Waals surface area contributed by atoms with E-state index in [2.05, 4.69) is 21.9 Å². The Balaban J connectivity index is 2.07. The van der Waals surface area contributed by atoms with E-state index in [0.717, 1.165) is 30.7 Å². The first-order valence-corrected chi connectivity index (χ1v) is 9.49. The van der Waals surface area contributed by atoms with Gasteiger partial charge in [0, 0.05) is 13.0 Å². The lowest BCUT2D eigenvalue weighted by Crippen LogP contribution is -2.07. The molecule has 0 aliphatic rings. The molecule has 0 fully saturated rings. The summed E-state index contributed by atoms with van der Waals surface area (Å²) in [6.07, 6.45) is 2.65. The van der Waals surface area contributed by atoms with Crippen molar-refractivity contribution in [3.63, 3.8) is 0 Å². The average Bonchev–Trinajstić information content (AvgIpc) is 3.04. The summed E-state index contributed by atoms with van der Waals surface area (Å²) < 4.78 is 32.0. The largest absolute Gasteiger partial charge is 0.493 e. The van der Waals surface area contributed by atoms with Crippen LogP contribution in [0.5, 0.6) is 17.2 Å². The molecule has 3 rings (SSSR count). The van der Waals surface area contributed by atoms with Crippen LogP contribution in [0.3, 0.4) is 0 Å². The van der Waals surface area contributed by atoms with E-state index in [1.807, 2.05) is 16.7 Å². The van der Waals surface area contributed by atoms with Gasteiger partial charge in [0.25, 0.3) is 0 Å². The van der Waals surface area contributed by atoms with Gasteiger partial charge in [-0.05, 0) is 24.1 Å². The normalized spacial score (nSPS) is 11.1. The third-order valence-corrected chi connectivity index (χ3v) is 4.75. The van der Waals surface area contributed by atoms with E-state index in [0.29, 0.717) is 41.4 Å². The third-order valence-electron chi connectivity index (χ3n) is 4.75. The second kappa shape index (κ2) is 8.93. The van der Waals surface area contributed by atoms with Crippen molar-refractivity contribution in [1.29, 1.82) is 0 Å². The summed E-state index contributed by atoms with van der Waals surface area (Å²) in [5.74, 6) is 2.39. The van der Waals surface area contributed by atoms with E-state index in [4.69, 9.17) is 19.9 Å². The number of hydrogen-bond acceptors (Lipinski definition) is 7. The van der Waals surface area contributed by atoms with Gasteiger partial charge < -0.3 is 24.5 Å². The number of aromatic nitrogens is 4. The number of benzene rings is 1. The van der Waals surface area contributed by atoms with E-state index in [1.165, 1.54) is 0 Å². The topological polar surface area (TPSA) is 97.3 Å². The van der Waals surface area contributed by atoms with Gasteiger partial charge in [0.15, 0.2) is 28.5 Å². The van der Waals surface area contributed by atoms with Crippen LogP contribution >= 0.6 is 0 Å². The number of ether oxygens (including phenoxy) is 3. The molecule has 29 heavy (non-hydrogen) atoms. The zero-order chi connectivity index (χ0) is 21.0. The lowest BCUT2D eigenvalue weighted by molar-refractivity contribution is 0.324. The van der Waals surface area contributed by atoms with E-state index in [1.54, 1.807) is 21.3 Å². The molecular weight excluding hydrogens is 377 g/mol. The number of imidazole rings is 1. The van der Waals surface area contributed by atoms with Gasteiger partial charge in [-0.3, -0.25) is 0 Å². The summed E-state index contributed by atoms with van der Waals surface area (Å²) in [4.78, 5) is 12.2. The number of nitrogens with zero attached hydrogens (tertiary/aromatic N) is 4. The highest BCUT2D eigenvalue weighted by Gasteiger charge is 2.19. The van der Waals surface area contributed by atoms with Gasteiger partial charge in [0.05, 0.1) is 21.3 Å². The predicted octanol–water partition coefficient (Wildman–Crippen LogP) is 3.35. The number of aryl methyl sites for hydroxylation is 1. The van der Waals surface area contributed by atoms with Crippen LogP contribution in [0.25, 0.3) is 11.2 Å². The van der Waals surface area contributed by atoms with Gasteiger partial charge >= 0.3 is 6.08 Å². The minimum Gasteiger partial charge on any atom is -0.493 e. The van der Waals surface area contributed by atoms with Crippen LogP contribution in [0.2, 0.25) is 0 Å². The van der Waals surface area contributed by atoms with Gasteiger partial charge in [0.2, 0.25) is 5.75 Å². The van der Waals surface area contributed by atoms with Crippen LogP contribution in [0.4, 0.5) is 10.2 Å². The summed E-state index contributed by atoms with van der Waals surface area (Å²) in [5, 5.41) is 0. The second-order valence-corrected chi connectivity index (χ2v) is 6.65. The molecule has 0 aliphatic carbocycles. The number of unbranched alkanes of at least 4 members (excludes halogenated alkanes) is 2. The zero-order valence-corrected chi connectivity index (χ0v) is 17.2. The highest BCUT2D eigenvalue weighted by atomic mass is 19.1. The number of methoxy groups -OCH3 is 3. The van der Waals surface area contributed by atoms with Gasteiger partial charge in [-0.1, -0.05) is 19.8 Å². The minimum atomic E-state index is -0.856. The summed E-state index contributed by atoms with van der Waals surface area (Å²) in [6.45, 7) is 2.79. The van der Waals surface area contributed by atoms with Crippen LogP contribution < -0.4 is 19.9 Å². The smallest absolute Gasteiger partial charge is 0.312 e. The van der Waals surface area contributed by atoms with Crippen LogP contribution in [0.15, 0.2) is 12.1 Å². The van der Waals surface area contributed by atoms with E-state index >= 15 is 0 Å². The molecule has 0 amide bonds. The van der Waals surface area contributed by atoms with Crippen molar-refractivity contribution in [3.8, 4) is 17.2 Å². The fraction of sp³-hybridized carbons (Fsp3) is 0.450. The second-order valence-electron chi connectivity index (χ2n) is 6.65. The molecule has 0 unspecified atom stereocenters. The summed E-state index contributed by atoms with van der Waals surface area (Å²) in [7, 11) is 4.70. The molecule has 2 aromatic heterocycles. The summed E-state index contributed by atoms with van der Waals surface area (Å²) in [5.41, 5.74) is 7.61. The number of hydrogen-bond donors (Lipinski definition) is 1. The Bertz CT molecular complexity index is 980. The molecule has 2 heterocycles. The number of anilines is 1. The molecule has 2 N–H and O–H groups in total. The number of fused-ring (bicyclic) bond motifs is 1. The molecule has 0 saturated carbocycles. The molecule has 0 spiro atoms. The Morgan fingerprint density at radius 1 is 1.00 bits per heavy atom. The Labute approximate surface area is 168 Å². The van der Waals surface area contributed by atoms with Crippen molar-refractivity contribution in [1.82, 2.24) is 19.5 Å². The Morgan fingerprint density at radius 2 is 1.69 bits per heavy atom. The summed E-state index contributed by atoms with van der Waals surface area (Å²) in [6, 6.07) is 3.74. The van der Waals surface area contributed by atoms with Gasteiger partial charge in [-0.25, -0.2) is 4.98 Å². The Hall–Kier alpha value is -3.10. The summed E-state index contributed by atoms with van der Waals surface area (Å²) >= 11 is 0. The van der Waals surface area contributed by atoms with E-state index < -0.39 is 6.08 Å². The molecule has 0 bridgehead atoms. The lowest BCUT2D eigenvalue weighted by atomic mass is 10.1. The van der Waals surface area contributed by atoms with Crippen molar-refractivity contribution >= 4 is 17.0 Å². The number of halogens is 1. The first-order chi connectivity index (χ1) is 14.0. The standard InChI is InChI=1S/C20H26FN5O3/c1-5-6-7-8-26-15(23-16-18(22)24-20(21)25-19(16)26)11-12-9-13(27-2)17(29-4)14(10-12)28-3/h9-10H,5-8,11H2,1-4H3,(H2,22,24,25). The Kier molecular flexibility index (Phi) is 6.36. The fourth-order valence-corrected chi connectivity index (χ4v) is 3.35. The minimum absolute atomic E-state index is 0.0351. The fourth-order valence-electron chi connectivity index (χ4n) is 3.35. The maximum Gasteiger partial charge on any atom is 0.312 e. The van der Waals surface area contributed by atoms with Crippen LogP contribution in [-0.4, -0.2) is 40.8 Å². The molecule has 9 heteroatoms. The molecule has 1 aromatic carbocycles. The zero-order valence-electron chi connectivity index (χ0n) is 17.2. The molecule has 0 aliphatic heterocycles. The third kappa shape index (κ3) is 4.18. The maximum absolute atomic E-state index is 13.8. The molecule has 0 saturated heterocycles. The predicted molar refractivity (Wildman–Crippen MR) is 108 cm³/mol. The molecule has 0 radical (unpaired) electrons. The van der Waals surface area contributed by atoms with Crippen molar-refractivity contribution in [2.45, 2.75) is 39.2 Å². The van der Waals surface area contributed by atoms with Gasteiger partial charge in [0.1, 0.15) is 5.82 Å². The monoisotopic (exact) mass is 403 g/mol. The van der Waals surface area contributed by atoms with Gasteiger partial charge in [-0.2, -0.15) is 14.4 Å². The molecular formula is C20H26FN5O3. The molecule has 0 atom stereocenters.